The maximum absolute atomic E-state index is 6.31. The fraction of sp³-hybridized carbons (Fsp3) is 1.00. The van der Waals surface area contributed by atoms with Gasteiger partial charge in [-0.3, -0.25) is 4.90 Å². The van der Waals surface area contributed by atoms with Crippen molar-refractivity contribution in [2.75, 3.05) is 7.05 Å². The van der Waals surface area contributed by atoms with Crippen LogP contribution >= 0.6 is 0 Å². The van der Waals surface area contributed by atoms with Crippen molar-refractivity contribution in [3.63, 3.8) is 0 Å². The van der Waals surface area contributed by atoms with E-state index in [9.17, 15) is 0 Å². The predicted octanol–water partition coefficient (Wildman–Crippen LogP) is 3.16. The molecule has 2 N–H and O–H groups in total. The third-order valence-electron chi connectivity index (χ3n) is 5.21. The Morgan fingerprint density at radius 3 is 2.53 bits per heavy atom. The Balaban J connectivity index is 1.91. The standard InChI is InChI=1S/C15H30N2/c1-3-12-7-6-8-13(11-12)17(2)15-10-5-4-9-14(15)16/h12-15H,3-11,16H2,1-2H3. The summed E-state index contributed by atoms with van der Waals surface area (Å²) in [7, 11) is 2.33. The molecule has 2 aliphatic rings. The largest absolute Gasteiger partial charge is 0.326 e. The van der Waals surface area contributed by atoms with Crippen molar-refractivity contribution in [1.82, 2.24) is 4.90 Å². The molecule has 4 atom stereocenters. The molecular weight excluding hydrogens is 208 g/mol. The molecule has 2 heteroatoms. The molecule has 2 nitrogen and oxygen atoms in total. The summed E-state index contributed by atoms with van der Waals surface area (Å²) in [4.78, 5) is 2.64. The van der Waals surface area contributed by atoms with E-state index in [0.29, 0.717) is 12.1 Å². The van der Waals surface area contributed by atoms with Crippen LogP contribution in [0.5, 0.6) is 0 Å². The molecule has 4 unspecified atom stereocenters. The van der Waals surface area contributed by atoms with Gasteiger partial charge >= 0.3 is 0 Å². The third-order valence-corrected chi connectivity index (χ3v) is 5.21. The lowest BCUT2D eigenvalue weighted by Gasteiger charge is -2.43. The summed E-state index contributed by atoms with van der Waals surface area (Å²) in [6.45, 7) is 2.35. The highest BCUT2D eigenvalue weighted by Gasteiger charge is 2.32. The Hall–Kier alpha value is -0.0800. The molecule has 0 amide bonds. The summed E-state index contributed by atoms with van der Waals surface area (Å²) in [5, 5.41) is 0. The summed E-state index contributed by atoms with van der Waals surface area (Å²) in [6.07, 6.45) is 12.3. The Bertz CT molecular complexity index is 229. The number of hydrogen-bond acceptors (Lipinski definition) is 2. The first-order chi connectivity index (χ1) is 8.22. The lowest BCUT2D eigenvalue weighted by Crippen LogP contribution is -2.52. The van der Waals surface area contributed by atoms with Crippen LogP contribution in [0.2, 0.25) is 0 Å². The minimum Gasteiger partial charge on any atom is -0.326 e. The number of hydrogen-bond donors (Lipinski definition) is 1. The van der Waals surface area contributed by atoms with Gasteiger partial charge < -0.3 is 5.73 Å². The predicted molar refractivity (Wildman–Crippen MR) is 74.0 cm³/mol. The molecular formula is C15H30N2. The van der Waals surface area contributed by atoms with E-state index in [4.69, 9.17) is 5.73 Å². The Labute approximate surface area is 107 Å². The number of nitrogens with zero attached hydrogens (tertiary/aromatic N) is 1. The van der Waals surface area contributed by atoms with Gasteiger partial charge in [-0.15, -0.1) is 0 Å². The maximum atomic E-state index is 6.31. The van der Waals surface area contributed by atoms with Crippen LogP contribution in [-0.4, -0.2) is 30.1 Å². The van der Waals surface area contributed by atoms with Crippen LogP contribution in [0.3, 0.4) is 0 Å². The minimum atomic E-state index is 0.427. The van der Waals surface area contributed by atoms with E-state index in [1.807, 2.05) is 0 Å². The number of nitrogens with two attached hydrogens (primary N) is 1. The summed E-state index contributed by atoms with van der Waals surface area (Å²) < 4.78 is 0. The van der Waals surface area contributed by atoms with Gasteiger partial charge in [-0.2, -0.15) is 0 Å². The topological polar surface area (TPSA) is 29.3 Å². The Morgan fingerprint density at radius 2 is 1.82 bits per heavy atom. The van der Waals surface area contributed by atoms with E-state index in [1.54, 1.807) is 0 Å². The average Bonchev–Trinajstić information content (AvgIpc) is 2.38. The third kappa shape index (κ3) is 3.23. The Kier molecular flexibility index (Phi) is 4.87. The molecule has 0 aromatic rings. The van der Waals surface area contributed by atoms with Crippen molar-refractivity contribution in [2.45, 2.75) is 82.8 Å². The van der Waals surface area contributed by atoms with Gasteiger partial charge in [-0.1, -0.05) is 39.0 Å². The van der Waals surface area contributed by atoms with Gasteiger partial charge in [-0.05, 0) is 38.6 Å². The second kappa shape index (κ2) is 6.19. The molecule has 0 heterocycles. The summed E-state index contributed by atoms with van der Waals surface area (Å²) in [6, 6.07) is 1.89. The van der Waals surface area contributed by atoms with Gasteiger partial charge in [0.15, 0.2) is 0 Å². The molecule has 2 fully saturated rings. The van der Waals surface area contributed by atoms with Crippen LogP contribution in [0.25, 0.3) is 0 Å². The lowest BCUT2D eigenvalue weighted by molar-refractivity contribution is 0.0806. The van der Waals surface area contributed by atoms with E-state index in [0.717, 1.165) is 12.0 Å². The van der Waals surface area contributed by atoms with E-state index in [2.05, 4.69) is 18.9 Å². The molecule has 17 heavy (non-hydrogen) atoms. The zero-order valence-corrected chi connectivity index (χ0v) is 11.7. The monoisotopic (exact) mass is 238 g/mol. The molecule has 2 rings (SSSR count). The molecule has 0 aliphatic heterocycles. The van der Waals surface area contributed by atoms with Gasteiger partial charge in [0.2, 0.25) is 0 Å². The van der Waals surface area contributed by atoms with Crippen LogP contribution < -0.4 is 5.73 Å². The van der Waals surface area contributed by atoms with Gasteiger partial charge in [0, 0.05) is 18.1 Å². The normalized spacial score (nSPS) is 39.5. The van der Waals surface area contributed by atoms with Gasteiger partial charge in [-0.25, -0.2) is 0 Å². The molecule has 2 aliphatic carbocycles. The lowest BCUT2D eigenvalue weighted by atomic mass is 9.81. The molecule has 0 aromatic heterocycles. The van der Waals surface area contributed by atoms with Crippen molar-refractivity contribution in [3.05, 3.63) is 0 Å². The number of likely N-dealkylation sites (N-methyl/N-ethyl adjacent to an activating group) is 1. The highest BCUT2D eigenvalue weighted by molar-refractivity contribution is 4.89. The van der Waals surface area contributed by atoms with Crippen molar-refractivity contribution in [2.24, 2.45) is 11.7 Å². The SMILES string of the molecule is CCC1CCCC(N(C)C2CCCCC2N)C1. The van der Waals surface area contributed by atoms with Crippen LogP contribution in [-0.2, 0) is 0 Å². The highest BCUT2D eigenvalue weighted by Crippen LogP contribution is 2.32. The second-order valence-electron chi connectivity index (χ2n) is 6.28. The highest BCUT2D eigenvalue weighted by atomic mass is 15.2. The Morgan fingerprint density at radius 1 is 1.06 bits per heavy atom. The van der Waals surface area contributed by atoms with Crippen LogP contribution in [0, 0.1) is 5.92 Å². The average molecular weight is 238 g/mol. The molecule has 100 valence electrons. The van der Waals surface area contributed by atoms with E-state index in [1.165, 1.54) is 57.8 Å². The second-order valence-corrected chi connectivity index (χ2v) is 6.28. The van der Waals surface area contributed by atoms with E-state index >= 15 is 0 Å². The first kappa shape index (κ1) is 13.4. The zero-order valence-electron chi connectivity index (χ0n) is 11.7. The summed E-state index contributed by atoms with van der Waals surface area (Å²) in [5.41, 5.74) is 6.31. The fourth-order valence-corrected chi connectivity index (χ4v) is 3.92. The molecule has 0 saturated heterocycles. The minimum absolute atomic E-state index is 0.427. The molecule has 0 spiro atoms. The first-order valence-electron chi connectivity index (χ1n) is 7.70. The molecule has 0 bridgehead atoms. The summed E-state index contributed by atoms with van der Waals surface area (Å²) in [5.74, 6) is 0.969. The maximum Gasteiger partial charge on any atom is 0.0247 e. The molecule has 2 saturated carbocycles. The molecule has 0 aromatic carbocycles. The fourth-order valence-electron chi connectivity index (χ4n) is 3.92. The summed E-state index contributed by atoms with van der Waals surface area (Å²) >= 11 is 0. The molecule has 0 radical (unpaired) electrons. The number of rotatable bonds is 3. The van der Waals surface area contributed by atoms with Gasteiger partial charge in [0.05, 0.1) is 0 Å². The van der Waals surface area contributed by atoms with Crippen molar-refractivity contribution in [3.8, 4) is 0 Å². The van der Waals surface area contributed by atoms with Crippen molar-refractivity contribution < 1.29 is 0 Å². The van der Waals surface area contributed by atoms with Crippen molar-refractivity contribution >= 4 is 0 Å². The van der Waals surface area contributed by atoms with Gasteiger partial charge in [0.1, 0.15) is 0 Å². The van der Waals surface area contributed by atoms with E-state index < -0.39 is 0 Å². The first-order valence-corrected chi connectivity index (χ1v) is 7.70. The van der Waals surface area contributed by atoms with Crippen LogP contribution in [0.1, 0.15) is 64.7 Å². The quantitative estimate of drug-likeness (QED) is 0.818. The van der Waals surface area contributed by atoms with Crippen LogP contribution in [0.15, 0.2) is 0 Å². The zero-order chi connectivity index (χ0) is 12.3. The van der Waals surface area contributed by atoms with Crippen molar-refractivity contribution in [1.29, 1.82) is 0 Å². The smallest absolute Gasteiger partial charge is 0.0247 e. The van der Waals surface area contributed by atoms with Gasteiger partial charge in [0.25, 0.3) is 0 Å². The van der Waals surface area contributed by atoms with Crippen LogP contribution in [0.4, 0.5) is 0 Å². The van der Waals surface area contributed by atoms with E-state index in [-0.39, 0.29) is 0 Å².